The first-order valence-electron chi connectivity index (χ1n) is 4.79. The van der Waals surface area contributed by atoms with Crippen molar-refractivity contribution in [3.8, 4) is 5.75 Å². The Labute approximate surface area is 84.2 Å². The normalized spacial score (nSPS) is 15.1. The number of aromatic hydroxyl groups is 1. The minimum Gasteiger partial charge on any atom is -0.508 e. The Morgan fingerprint density at radius 2 is 2.07 bits per heavy atom. The SMILES string of the molecule is CC[C@H](O)[C@H](N)c1ccc(O)c(C)c1. The van der Waals surface area contributed by atoms with Gasteiger partial charge in [-0.25, -0.2) is 0 Å². The summed E-state index contributed by atoms with van der Waals surface area (Å²) in [4.78, 5) is 0. The predicted molar refractivity (Wildman–Crippen MR) is 56.1 cm³/mol. The molecule has 0 heterocycles. The molecule has 0 aromatic heterocycles. The summed E-state index contributed by atoms with van der Waals surface area (Å²) in [6, 6.07) is 4.77. The van der Waals surface area contributed by atoms with Gasteiger partial charge in [-0.2, -0.15) is 0 Å². The molecule has 4 N–H and O–H groups in total. The average Bonchev–Trinajstić information content (AvgIpc) is 2.20. The van der Waals surface area contributed by atoms with Crippen molar-refractivity contribution in [3.63, 3.8) is 0 Å². The zero-order chi connectivity index (χ0) is 10.7. The summed E-state index contributed by atoms with van der Waals surface area (Å²) < 4.78 is 0. The highest BCUT2D eigenvalue weighted by atomic mass is 16.3. The molecule has 78 valence electrons. The molecule has 0 unspecified atom stereocenters. The van der Waals surface area contributed by atoms with Crippen LogP contribution in [0.3, 0.4) is 0 Å². The largest absolute Gasteiger partial charge is 0.508 e. The van der Waals surface area contributed by atoms with E-state index in [2.05, 4.69) is 0 Å². The van der Waals surface area contributed by atoms with Crippen molar-refractivity contribution < 1.29 is 10.2 Å². The number of phenols is 1. The van der Waals surface area contributed by atoms with E-state index in [4.69, 9.17) is 5.73 Å². The molecule has 0 aliphatic rings. The molecule has 0 bridgehead atoms. The maximum absolute atomic E-state index is 9.55. The summed E-state index contributed by atoms with van der Waals surface area (Å²) in [5, 5.41) is 18.9. The van der Waals surface area contributed by atoms with Crippen LogP contribution >= 0.6 is 0 Å². The molecule has 1 aromatic carbocycles. The van der Waals surface area contributed by atoms with Crippen molar-refractivity contribution >= 4 is 0 Å². The molecule has 1 rings (SSSR count). The lowest BCUT2D eigenvalue weighted by atomic mass is 9.99. The van der Waals surface area contributed by atoms with Gasteiger partial charge in [0.05, 0.1) is 12.1 Å². The van der Waals surface area contributed by atoms with Gasteiger partial charge in [-0.05, 0) is 30.5 Å². The zero-order valence-electron chi connectivity index (χ0n) is 8.57. The Bertz CT molecular complexity index is 312. The first kappa shape index (κ1) is 11.0. The molecule has 0 spiro atoms. The highest BCUT2D eigenvalue weighted by Gasteiger charge is 2.15. The first-order valence-corrected chi connectivity index (χ1v) is 4.79. The molecular weight excluding hydrogens is 178 g/mol. The fourth-order valence-corrected chi connectivity index (χ4v) is 1.36. The molecule has 2 atom stereocenters. The van der Waals surface area contributed by atoms with E-state index in [0.717, 1.165) is 11.1 Å². The highest BCUT2D eigenvalue weighted by molar-refractivity contribution is 5.36. The predicted octanol–water partition coefficient (Wildman–Crippen LogP) is 1.47. The molecule has 3 heteroatoms. The Morgan fingerprint density at radius 1 is 1.43 bits per heavy atom. The minimum atomic E-state index is -0.529. The third-order valence-corrected chi connectivity index (χ3v) is 2.44. The second-order valence-corrected chi connectivity index (χ2v) is 3.55. The van der Waals surface area contributed by atoms with E-state index in [-0.39, 0.29) is 11.8 Å². The maximum atomic E-state index is 9.55. The van der Waals surface area contributed by atoms with Crippen molar-refractivity contribution in [1.29, 1.82) is 0 Å². The number of aryl methyl sites for hydroxylation is 1. The topological polar surface area (TPSA) is 66.5 Å². The molecule has 1 aromatic rings. The molecule has 0 saturated heterocycles. The second-order valence-electron chi connectivity index (χ2n) is 3.55. The number of rotatable bonds is 3. The average molecular weight is 195 g/mol. The lowest BCUT2D eigenvalue weighted by Gasteiger charge is -2.18. The smallest absolute Gasteiger partial charge is 0.118 e. The van der Waals surface area contributed by atoms with Gasteiger partial charge in [0.15, 0.2) is 0 Å². The fraction of sp³-hybridized carbons (Fsp3) is 0.455. The summed E-state index contributed by atoms with van der Waals surface area (Å²) in [7, 11) is 0. The molecule has 0 amide bonds. The van der Waals surface area contributed by atoms with E-state index in [1.807, 2.05) is 13.8 Å². The van der Waals surface area contributed by atoms with Crippen LogP contribution in [0.25, 0.3) is 0 Å². The maximum Gasteiger partial charge on any atom is 0.118 e. The number of hydrogen-bond donors (Lipinski definition) is 3. The van der Waals surface area contributed by atoms with Gasteiger partial charge in [0.25, 0.3) is 0 Å². The van der Waals surface area contributed by atoms with E-state index in [1.165, 1.54) is 0 Å². The van der Waals surface area contributed by atoms with Gasteiger partial charge in [0, 0.05) is 0 Å². The van der Waals surface area contributed by atoms with Crippen LogP contribution in [0, 0.1) is 6.92 Å². The fourth-order valence-electron chi connectivity index (χ4n) is 1.36. The minimum absolute atomic E-state index is 0.256. The summed E-state index contributed by atoms with van der Waals surface area (Å²) in [6.45, 7) is 3.70. The molecule has 3 nitrogen and oxygen atoms in total. The number of hydrogen-bond acceptors (Lipinski definition) is 3. The van der Waals surface area contributed by atoms with Gasteiger partial charge in [-0.3, -0.25) is 0 Å². The first-order chi connectivity index (χ1) is 6.56. The van der Waals surface area contributed by atoms with Crippen molar-refractivity contribution in [2.75, 3.05) is 0 Å². The van der Waals surface area contributed by atoms with Crippen LogP contribution in [0.2, 0.25) is 0 Å². The molecule has 0 radical (unpaired) electrons. The van der Waals surface area contributed by atoms with Gasteiger partial charge < -0.3 is 15.9 Å². The monoisotopic (exact) mass is 195 g/mol. The van der Waals surface area contributed by atoms with Gasteiger partial charge in [-0.1, -0.05) is 19.1 Å². The molecular formula is C11H17NO2. The second kappa shape index (κ2) is 4.44. The van der Waals surface area contributed by atoms with Crippen LogP contribution in [-0.4, -0.2) is 16.3 Å². The third-order valence-electron chi connectivity index (χ3n) is 2.44. The Balaban J connectivity index is 2.91. The number of benzene rings is 1. The Hall–Kier alpha value is -1.06. The van der Waals surface area contributed by atoms with Crippen molar-refractivity contribution in [3.05, 3.63) is 29.3 Å². The van der Waals surface area contributed by atoms with Gasteiger partial charge in [0.1, 0.15) is 5.75 Å². The Morgan fingerprint density at radius 3 is 2.57 bits per heavy atom. The lowest BCUT2D eigenvalue weighted by Crippen LogP contribution is -2.25. The van der Waals surface area contributed by atoms with Crippen LogP contribution in [0.1, 0.15) is 30.5 Å². The van der Waals surface area contributed by atoms with Crippen molar-refractivity contribution in [1.82, 2.24) is 0 Å². The van der Waals surface area contributed by atoms with E-state index in [1.54, 1.807) is 18.2 Å². The lowest BCUT2D eigenvalue weighted by molar-refractivity contribution is 0.140. The summed E-state index contributed by atoms with van der Waals surface area (Å²) >= 11 is 0. The number of aliphatic hydroxyl groups is 1. The number of nitrogens with two attached hydrogens (primary N) is 1. The standard InChI is InChI=1S/C11H17NO2/c1-3-9(13)11(12)8-4-5-10(14)7(2)6-8/h4-6,9,11,13-14H,3,12H2,1-2H3/t9-,11+/m0/s1. The van der Waals surface area contributed by atoms with E-state index in [0.29, 0.717) is 6.42 Å². The molecule has 0 saturated carbocycles. The van der Waals surface area contributed by atoms with Crippen LogP contribution in [0.5, 0.6) is 5.75 Å². The van der Waals surface area contributed by atoms with Gasteiger partial charge >= 0.3 is 0 Å². The molecule has 14 heavy (non-hydrogen) atoms. The van der Waals surface area contributed by atoms with E-state index < -0.39 is 6.10 Å². The molecule has 0 aliphatic heterocycles. The van der Waals surface area contributed by atoms with Crippen LogP contribution in [0.15, 0.2) is 18.2 Å². The van der Waals surface area contributed by atoms with Crippen LogP contribution < -0.4 is 5.73 Å². The van der Waals surface area contributed by atoms with E-state index in [9.17, 15) is 10.2 Å². The van der Waals surface area contributed by atoms with E-state index >= 15 is 0 Å². The quantitative estimate of drug-likeness (QED) is 0.684. The summed E-state index contributed by atoms with van der Waals surface area (Å²) in [5.41, 5.74) is 7.47. The molecule has 0 aliphatic carbocycles. The van der Waals surface area contributed by atoms with Crippen LogP contribution in [-0.2, 0) is 0 Å². The third kappa shape index (κ3) is 2.25. The Kier molecular flexibility index (Phi) is 3.49. The number of phenolic OH excluding ortho intramolecular Hbond substituents is 1. The summed E-state index contributed by atoms with van der Waals surface area (Å²) in [6.07, 6.45) is 0.0973. The number of aliphatic hydroxyl groups excluding tert-OH is 1. The van der Waals surface area contributed by atoms with Gasteiger partial charge in [-0.15, -0.1) is 0 Å². The summed E-state index contributed by atoms with van der Waals surface area (Å²) in [5.74, 6) is 0.256. The van der Waals surface area contributed by atoms with Gasteiger partial charge in [0.2, 0.25) is 0 Å². The zero-order valence-corrected chi connectivity index (χ0v) is 8.57. The van der Waals surface area contributed by atoms with Crippen molar-refractivity contribution in [2.24, 2.45) is 5.73 Å². The van der Waals surface area contributed by atoms with Crippen LogP contribution in [0.4, 0.5) is 0 Å². The molecule has 0 fully saturated rings. The highest BCUT2D eigenvalue weighted by Crippen LogP contribution is 2.22. The van der Waals surface area contributed by atoms with Crippen molar-refractivity contribution in [2.45, 2.75) is 32.4 Å².